The Morgan fingerprint density at radius 3 is 2.41 bits per heavy atom. The Bertz CT molecular complexity index is 1100. The number of carbonyl (C=O) groups is 4. The van der Waals surface area contributed by atoms with Crippen LogP contribution in [0.5, 0.6) is 0 Å². The number of carbonyl (C=O) groups excluding carboxylic acids is 4. The molecular formula is C25H26ClN3O5. The number of hydrogen-bond acceptors (Lipinski definition) is 6. The molecule has 0 radical (unpaired) electrons. The smallest absolute Gasteiger partial charge is 0.338 e. The average molecular weight is 484 g/mol. The summed E-state index contributed by atoms with van der Waals surface area (Å²) in [6.45, 7) is 3.10. The van der Waals surface area contributed by atoms with Crippen LogP contribution in [0, 0.1) is 0 Å². The van der Waals surface area contributed by atoms with Crippen molar-refractivity contribution in [3.8, 4) is 0 Å². The minimum atomic E-state index is -0.614. The standard InChI is InChI=1S/C25H26ClN3O5/c1-2-34-25(33)16-6-8-20(9-7-16)29-22(30)15-21(24(29)32)27-19-10-12-28(13-11-19)23(31)17-4-3-5-18(26)14-17/h3-9,14,19,21,27H,2,10-13,15H2,1H3/t21-/m0/s1. The molecule has 2 aliphatic rings. The molecule has 0 unspecified atom stereocenters. The second-order valence-corrected chi connectivity index (χ2v) is 8.77. The first kappa shape index (κ1) is 23.9. The minimum Gasteiger partial charge on any atom is -0.462 e. The maximum atomic E-state index is 13.0. The van der Waals surface area contributed by atoms with Gasteiger partial charge < -0.3 is 15.0 Å². The van der Waals surface area contributed by atoms with Gasteiger partial charge in [-0.15, -0.1) is 0 Å². The molecule has 0 spiro atoms. The number of nitrogens with zero attached hydrogens (tertiary/aromatic N) is 2. The molecule has 0 aromatic heterocycles. The molecule has 9 heteroatoms. The second-order valence-electron chi connectivity index (χ2n) is 8.33. The first-order valence-electron chi connectivity index (χ1n) is 11.3. The van der Waals surface area contributed by atoms with E-state index in [1.165, 1.54) is 0 Å². The van der Waals surface area contributed by atoms with Crippen molar-refractivity contribution in [1.29, 1.82) is 0 Å². The highest BCUT2D eigenvalue weighted by Gasteiger charge is 2.41. The molecule has 178 valence electrons. The Hall–Kier alpha value is -3.23. The normalized spacial score (nSPS) is 18.9. The van der Waals surface area contributed by atoms with Crippen molar-refractivity contribution in [1.82, 2.24) is 10.2 Å². The SMILES string of the molecule is CCOC(=O)c1ccc(N2C(=O)C[C@H](NC3CCN(C(=O)c4cccc(Cl)c4)CC3)C2=O)cc1. The van der Waals surface area contributed by atoms with E-state index in [9.17, 15) is 19.2 Å². The van der Waals surface area contributed by atoms with Crippen LogP contribution in [0.1, 0.15) is 46.9 Å². The molecule has 0 saturated carbocycles. The topological polar surface area (TPSA) is 96.0 Å². The number of imide groups is 1. The average Bonchev–Trinajstić information content (AvgIpc) is 3.12. The summed E-state index contributed by atoms with van der Waals surface area (Å²) in [5.41, 5.74) is 1.34. The number of anilines is 1. The molecule has 4 rings (SSSR count). The van der Waals surface area contributed by atoms with Crippen molar-refractivity contribution in [2.75, 3.05) is 24.6 Å². The van der Waals surface area contributed by atoms with Gasteiger partial charge in [0.1, 0.15) is 0 Å². The lowest BCUT2D eigenvalue weighted by molar-refractivity contribution is -0.121. The van der Waals surface area contributed by atoms with Crippen LogP contribution in [0.2, 0.25) is 5.02 Å². The van der Waals surface area contributed by atoms with Gasteiger partial charge >= 0.3 is 5.97 Å². The van der Waals surface area contributed by atoms with Gasteiger partial charge in [-0.1, -0.05) is 17.7 Å². The number of piperidine rings is 1. The molecule has 8 nitrogen and oxygen atoms in total. The quantitative estimate of drug-likeness (QED) is 0.501. The summed E-state index contributed by atoms with van der Waals surface area (Å²) >= 11 is 6.00. The highest BCUT2D eigenvalue weighted by molar-refractivity contribution is 6.31. The van der Waals surface area contributed by atoms with E-state index in [-0.39, 0.29) is 36.8 Å². The molecule has 3 amide bonds. The third-order valence-corrected chi connectivity index (χ3v) is 6.31. The summed E-state index contributed by atoms with van der Waals surface area (Å²) in [5, 5.41) is 3.83. The molecule has 0 aliphatic carbocycles. The van der Waals surface area contributed by atoms with Crippen LogP contribution >= 0.6 is 11.6 Å². The summed E-state index contributed by atoms with van der Waals surface area (Å²) in [7, 11) is 0. The number of amides is 3. The van der Waals surface area contributed by atoms with E-state index in [2.05, 4.69) is 5.32 Å². The second kappa shape index (κ2) is 10.4. The van der Waals surface area contributed by atoms with E-state index in [0.29, 0.717) is 47.8 Å². The van der Waals surface area contributed by atoms with E-state index >= 15 is 0 Å². The number of ether oxygens (including phenoxy) is 1. The molecule has 2 heterocycles. The number of nitrogens with one attached hydrogen (secondary N) is 1. The van der Waals surface area contributed by atoms with Gasteiger partial charge in [-0.3, -0.25) is 14.4 Å². The van der Waals surface area contributed by atoms with Crippen molar-refractivity contribution in [2.24, 2.45) is 0 Å². The summed E-state index contributed by atoms with van der Waals surface area (Å²) in [6.07, 6.45) is 1.43. The van der Waals surface area contributed by atoms with Crippen LogP contribution in [0.3, 0.4) is 0 Å². The van der Waals surface area contributed by atoms with Crippen molar-refractivity contribution in [3.05, 3.63) is 64.7 Å². The lowest BCUT2D eigenvalue weighted by Crippen LogP contribution is -2.49. The molecule has 0 bridgehead atoms. The molecule has 2 saturated heterocycles. The molecule has 34 heavy (non-hydrogen) atoms. The lowest BCUT2D eigenvalue weighted by atomic mass is 10.0. The first-order valence-corrected chi connectivity index (χ1v) is 11.7. The maximum absolute atomic E-state index is 13.0. The van der Waals surface area contributed by atoms with Gasteiger partial charge in [0.2, 0.25) is 5.91 Å². The van der Waals surface area contributed by atoms with Crippen LogP contribution in [-0.4, -0.2) is 60.4 Å². The van der Waals surface area contributed by atoms with Crippen molar-refractivity contribution in [3.63, 3.8) is 0 Å². The molecule has 2 fully saturated rings. The van der Waals surface area contributed by atoms with Crippen molar-refractivity contribution >= 4 is 41.0 Å². The summed E-state index contributed by atoms with van der Waals surface area (Å²) in [6, 6.07) is 12.5. The van der Waals surface area contributed by atoms with Crippen LogP contribution in [0.4, 0.5) is 5.69 Å². The first-order chi connectivity index (χ1) is 16.4. The van der Waals surface area contributed by atoms with Crippen LogP contribution < -0.4 is 10.2 Å². The fourth-order valence-corrected chi connectivity index (χ4v) is 4.52. The number of hydrogen-bond donors (Lipinski definition) is 1. The maximum Gasteiger partial charge on any atom is 0.338 e. The zero-order valence-corrected chi connectivity index (χ0v) is 19.6. The fraction of sp³-hybridized carbons (Fsp3) is 0.360. The monoisotopic (exact) mass is 483 g/mol. The van der Waals surface area contributed by atoms with E-state index in [0.717, 1.165) is 4.90 Å². The van der Waals surface area contributed by atoms with E-state index in [1.54, 1.807) is 60.4 Å². The van der Waals surface area contributed by atoms with Gasteiger partial charge in [-0.2, -0.15) is 0 Å². The van der Waals surface area contributed by atoms with Crippen LogP contribution in [0.15, 0.2) is 48.5 Å². The fourth-order valence-electron chi connectivity index (χ4n) is 4.33. The van der Waals surface area contributed by atoms with Gasteiger partial charge in [-0.05, 0) is 62.2 Å². The number of benzene rings is 2. The number of rotatable bonds is 6. The van der Waals surface area contributed by atoms with Crippen LogP contribution in [-0.2, 0) is 14.3 Å². The van der Waals surface area contributed by atoms with Gasteiger partial charge in [0.25, 0.3) is 11.8 Å². The van der Waals surface area contributed by atoms with Crippen LogP contribution in [0.25, 0.3) is 0 Å². The Labute approximate surface area is 202 Å². The Morgan fingerprint density at radius 2 is 1.76 bits per heavy atom. The number of likely N-dealkylation sites (tertiary alicyclic amines) is 1. The highest BCUT2D eigenvalue weighted by atomic mass is 35.5. The predicted molar refractivity (Wildman–Crippen MR) is 127 cm³/mol. The van der Waals surface area contributed by atoms with Gasteiger partial charge in [0.05, 0.1) is 30.3 Å². The molecule has 2 aliphatic heterocycles. The third kappa shape index (κ3) is 5.13. The minimum absolute atomic E-state index is 0.0244. The third-order valence-electron chi connectivity index (χ3n) is 6.07. The Balaban J connectivity index is 1.33. The summed E-state index contributed by atoms with van der Waals surface area (Å²) in [5.74, 6) is -1.12. The van der Waals surface area contributed by atoms with Gasteiger partial charge in [0.15, 0.2) is 0 Å². The zero-order valence-electron chi connectivity index (χ0n) is 18.8. The lowest BCUT2D eigenvalue weighted by Gasteiger charge is -2.33. The Morgan fingerprint density at radius 1 is 1.06 bits per heavy atom. The highest BCUT2D eigenvalue weighted by Crippen LogP contribution is 2.25. The van der Waals surface area contributed by atoms with Crippen molar-refractivity contribution < 1.29 is 23.9 Å². The predicted octanol–water partition coefficient (Wildman–Crippen LogP) is 3.04. The molecule has 2 aromatic carbocycles. The number of halogens is 1. The molecule has 1 N–H and O–H groups in total. The van der Waals surface area contributed by atoms with E-state index in [4.69, 9.17) is 16.3 Å². The summed E-state index contributed by atoms with van der Waals surface area (Å²) in [4.78, 5) is 53.0. The molecule has 2 aromatic rings. The Kier molecular flexibility index (Phi) is 7.29. The summed E-state index contributed by atoms with van der Waals surface area (Å²) < 4.78 is 4.96. The molecule has 1 atom stereocenters. The van der Waals surface area contributed by atoms with E-state index in [1.807, 2.05) is 0 Å². The van der Waals surface area contributed by atoms with Crippen molar-refractivity contribution in [2.45, 2.75) is 38.3 Å². The number of esters is 1. The largest absolute Gasteiger partial charge is 0.462 e. The molecular weight excluding hydrogens is 458 g/mol. The van der Waals surface area contributed by atoms with Gasteiger partial charge in [0, 0.05) is 29.7 Å². The van der Waals surface area contributed by atoms with Gasteiger partial charge in [-0.25, -0.2) is 9.69 Å². The van der Waals surface area contributed by atoms with E-state index < -0.39 is 12.0 Å². The zero-order chi connectivity index (χ0) is 24.2.